The lowest BCUT2D eigenvalue weighted by atomic mass is 9.95. The Hall–Kier alpha value is -1.74. The quantitative estimate of drug-likeness (QED) is 0.892. The highest BCUT2D eigenvalue weighted by Gasteiger charge is 2.16. The van der Waals surface area contributed by atoms with E-state index in [-0.39, 0.29) is 6.04 Å². The number of aromatic nitrogens is 2. The van der Waals surface area contributed by atoms with Gasteiger partial charge in [-0.25, -0.2) is 0 Å². The highest BCUT2D eigenvalue weighted by atomic mass is 14.9. The summed E-state index contributed by atoms with van der Waals surface area (Å²) in [5.41, 5.74) is 4.83. The van der Waals surface area contributed by atoms with Crippen molar-refractivity contribution >= 4 is 0 Å². The van der Waals surface area contributed by atoms with Crippen LogP contribution in [0, 0.1) is 6.92 Å². The predicted molar refractivity (Wildman–Crippen MR) is 78.1 cm³/mol. The third kappa shape index (κ3) is 3.18. The van der Waals surface area contributed by atoms with Crippen molar-refractivity contribution in [3.63, 3.8) is 0 Å². The second-order valence-corrected chi connectivity index (χ2v) is 4.65. The molecule has 2 aromatic heterocycles. The molecule has 2 aromatic rings. The molecule has 0 aliphatic carbocycles. The zero-order valence-electron chi connectivity index (χ0n) is 11.9. The minimum atomic E-state index is 0.191. The first kappa shape index (κ1) is 13.7. The first-order valence-electron chi connectivity index (χ1n) is 6.85. The van der Waals surface area contributed by atoms with E-state index in [1.165, 1.54) is 16.7 Å². The van der Waals surface area contributed by atoms with Crippen molar-refractivity contribution in [3.05, 3.63) is 59.2 Å². The molecule has 2 rings (SSSR count). The molecule has 1 atom stereocenters. The molecule has 0 saturated carbocycles. The smallest absolute Gasteiger partial charge is 0.0595 e. The molecule has 0 spiro atoms. The normalized spacial score (nSPS) is 12.4. The molecule has 0 aliphatic rings. The highest BCUT2D eigenvalue weighted by molar-refractivity contribution is 5.35. The Balaban J connectivity index is 2.42. The summed E-state index contributed by atoms with van der Waals surface area (Å²) in [5.74, 6) is 0. The maximum Gasteiger partial charge on any atom is 0.0595 e. The van der Waals surface area contributed by atoms with Crippen molar-refractivity contribution < 1.29 is 0 Å². The molecular weight excluding hydrogens is 234 g/mol. The van der Waals surface area contributed by atoms with E-state index in [0.29, 0.717) is 0 Å². The zero-order chi connectivity index (χ0) is 13.7. The Morgan fingerprint density at radius 2 is 2.00 bits per heavy atom. The molecule has 3 nitrogen and oxygen atoms in total. The summed E-state index contributed by atoms with van der Waals surface area (Å²) in [6.45, 7) is 7.22. The summed E-state index contributed by atoms with van der Waals surface area (Å²) in [6.07, 6.45) is 6.77. The van der Waals surface area contributed by atoms with Crippen molar-refractivity contribution in [2.45, 2.75) is 33.2 Å². The van der Waals surface area contributed by atoms with Crippen LogP contribution >= 0.6 is 0 Å². The number of aryl methyl sites for hydroxylation is 2. The van der Waals surface area contributed by atoms with Crippen molar-refractivity contribution in [3.8, 4) is 0 Å². The lowest BCUT2D eigenvalue weighted by Gasteiger charge is -2.21. The first-order chi connectivity index (χ1) is 9.26. The highest BCUT2D eigenvalue weighted by Crippen LogP contribution is 2.24. The number of nitrogens with one attached hydrogen (secondary N) is 1. The maximum atomic E-state index is 4.41. The van der Waals surface area contributed by atoms with E-state index in [4.69, 9.17) is 0 Å². The van der Waals surface area contributed by atoms with Gasteiger partial charge in [-0.2, -0.15) is 0 Å². The Morgan fingerprint density at radius 3 is 2.63 bits per heavy atom. The monoisotopic (exact) mass is 255 g/mol. The second kappa shape index (κ2) is 6.43. The molecule has 3 heteroatoms. The van der Waals surface area contributed by atoms with Crippen LogP contribution in [0.25, 0.3) is 0 Å². The van der Waals surface area contributed by atoms with Crippen molar-refractivity contribution in [1.29, 1.82) is 0 Å². The molecule has 0 saturated heterocycles. The summed E-state index contributed by atoms with van der Waals surface area (Å²) in [4.78, 5) is 8.63. The predicted octanol–water partition coefficient (Wildman–Crippen LogP) is 3.05. The number of hydrogen-bond acceptors (Lipinski definition) is 3. The fourth-order valence-electron chi connectivity index (χ4n) is 2.28. The lowest BCUT2D eigenvalue weighted by Crippen LogP contribution is -2.23. The minimum absolute atomic E-state index is 0.191. The van der Waals surface area contributed by atoms with Gasteiger partial charge in [-0.15, -0.1) is 0 Å². The standard InChI is InChI=1S/C16H21N3/c1-4-13-10-17-9-8-15(13)16(18-5-2)14-7-6-12(3)19-11-14/h6-11,16,18H,4-5H2,1-3H3. The molecule has 19 heavy (non-hydrogen) atoms. The summed E-state index contributed by atoms with van der Waals surface area (Å²) >= 11 is 0. The van der Waals surface area contributed by atoms with Crippen LogP contribution in [-0.2, 0) is 6.42 Å². The number of pyridine rings is 2. The third-order valence-corrected chi connectivity index (χ3v) is 3.31. The molecule has 0 aromatic carbocycles. The van der Waals surface area contributed by atoms with Gasteiger partial charge in [-0.1, -0.05) is 19.9 Å². The number of hydrogen-bond donors (Lipinski definition) is 1. The van der Waals surface area contributed by atoms with Crippen molar-refractivity contribution in [2.75, 3.05) is 6.54 Å². The van der Waals surface area contributed by atoms with Crippen LogP contribution in [-0.4, -0.2) is 16.5 Å². The van der Waals surface area contributed by atoms with Crippen molar-refractivity contribution in [1.82, 2.24) is 15.3 Å². The minimum Gasteiger partial charge on any atom is -0.306 e. The van der Waals surface area contributed by atoms with E-state index in [9.17, 15) is 0 Å². The molecule has 1 unspecified atom stereocenters. The largest absolute Gasteiger partial charge is 0.306 e. The fraction of sp³-hybridized carbons (Fsp3) is 0.375. The second-order valence-electron chi connectivity index (χ2n) is 4.65. The lowest BCUT2D eigenvalue weighted by molar-refractivity contribution is 0.622. The van der Waals surface area contributed by atoms with Gasteiger partial charge < -0.3 is 5.32 Å². The average molecular weight is 255 g/mol. The van der Waals surface area contributed by atoms with Gasteiger partial charge in [-0.05, 0) is 48.7 Å². The van der Waals surface area contributed by atoms with Crippen LogP contribution in [0.3, 0.4) is 0 Å². The van der Waals surface area contributed by atoms with Gasteiger partial charge in [0.15, 0.2) is 0 Å². The van der Waals surface area contributed by atoms with E-state index < -0.39 is 0 Å². The van der Waals surface area contributed by atoms with Gasteiger partial charge in [0.2, 0.25) is 0 Å². The SMILES string of the molecule is CCNC(c1ccc(C)nc1)c1ccncc1CC. The van der Waals surface area contributed by atoms with Crippen molar-refractivity contribution in [2.24, 2.45) is 0 Å². The Kier molecular flexibility index (Phi) is 4.63. The van der Waals surface area contributed by atoms with E-state index in [1.54, 1.807) is 0 Å². The zero-order valence-corrected chi connectivity index (χ0v) is 11.9. The number of rotatable bonds is 5. The van der Waals surface area contributed by atoms with E-state index in [0.717, 1.165) is 18.7 Å². The van der Waals surface area contributed by atoms with E-state index in [1.807, 2.05) is 25.5 Å². The van der Waals surface area contributed by atoms with Gasteiger partial charge in [0, 0.05) is 24.3 Å². The topological polar surface area (TPSA) is 37.8 Å². The first-order valence-corrected chi connectivity index (χ1v) is 6.85. The molecule has 0 amide bonds. The molecule has 1 N–H and O–H groups in total. The summed E-state index contributed by atoms with van der Waals surface area (Å²) < 4.78 is 0. The average Bonchev–Trinajstić information content (AvgIpc) is 2.46. The summed E-state index contributed by atoms with van der Waals surface area (Å²) in [6, 6.07) is 6.50. The number of nitrogens with zero attached hydrogens (tertiary/aromatic N) is 2. The summed E-state index contributed by atoms with van der Waals surface area (Å²) in [7, 11) is 0. The third-order valence-electron chi connectivity index (χ3n) is 3.31. The maximum absolute atomic E-state index is 4.41. The Bertz CT molecular complexity index is 520. The van der Waals surface area contributed by atoms with Crippen LogP contribution in [0.2, 0.25) is 0 Å². The van der Waals surface area contributed by atoms with Crippen LogP contribution in [0.4, 0.5) is 0 Å². The van der Waals surface area contributed by atoms with E-state index >= 15 is 0 Å². The van der Waals surface area contributed by atoms with Crippen LogP contribution in [0.1, 0.15) is 42.3 Å². The van der Waals surface area contributed by atoms with Crippen LogP contribution in [0.15, 0.2) is 36.8 Å². The molecule has 0 bridgehead atoms. The summed E-state index contributed by atoms with van der Waals surface area (Å²) in [5, 5.41) is 3.54. The van der Waals surface area contributed by atoms with Gasteiger partial charge in [0.1, 0.15) is 0 Å². The van der Waals surface area contributed by atoms with E-state index in [2.05, 4.69) is 47.3 Å². The Labute approximate surface area is 115 Å². The molecule has 0 fully saturated rings. The van der Waals surface area contributed by atoms with Gasteiger partial charge in [-0.3, -0.25) is 9.97 Å². The Morgan fingerprint density at radius 1 is 1.16 bits per heavy atom. The van der Waals surface area contributed by atoms with Gasteiger partial charge in [0.25, 0.3) is 0 Å². The molecule has 0 radical (unpaired) electrons. The van der Waals surface area contributed by atoms with Crippen LogP contribution < -0.4 is 5.32 Å². The van der Waals surface area contributed by atoms with Gasteiger partial charge in [0.05, 0.1) is 6.04 Å². The van der Waals surface area contributed by atoms with Gasteiger partial charge >= 0.3 is 0 Å². The molecule has 100 valence electrons. The van der Waals surface area contributed by atoms with Crippen LogP contribution in [0.5, 0.6) is 0 Å². The molecule has 2 heterocycles. The molecular formula is C16H21N3. The fourth-order valence-corrected chi connectivity index (χ4v) is 2.28. The molecule has 0 aliphatic heterocycles.